The standard InChI is InChI=1S/C11H20N4O/c1-8(12)7-10-13-11(16-14-10)9-3-5-15(2)6-4-9/h8-9H,3-7,12H2,1-2H3. The maximum atomic E-state index is 5.70. The summed E-state index contributed by atoms with van der Waals surface area (Å²) < 4.78 is 5.31. The van der Waals surface area contributed by atoms with E-state index in [1.54, 1.807) is 0 Å². The minimum absolute atomic E-state index is 0.0861. The second-order valence-corrected chi connectivity index (χ2v) is 4.81. The van der Waals surface area contributed by atoms with Crippen molar-refractivity contribution in [1.82, 2.24) is 15.0 Å². The number of likely N-dealkylation sites (tertiary alicyclic amines) is 1. The molecule has 1 atom stereocenters. The summed E-state index contributed by atoms with van der Waals surface area (Å²) in [4.78, 5) is 6.75. The van der Waals surface area contributed by atoms with Crippen LogP contribution in [0.1, 0.15) is 37.4 Å². The molecular formula is C11H20N4O. The van der Waals surface area contributed by atoms with E-state index in [1.807, 2.05) is 6.92 Å². The van der Waals surface area contributed by atoms with E-state index in [0.29, 0.717) is 12.3 Å². The quantitative estimate of drug-likeness (QED) is 0.821. The molecule has 1 aromatic rings. The lowest BCUT2D eigenvalue weighted by molar-refractivity contribution is 0.227. The highest BCUT2D eigenvalue weighted by molar-refractivity contribution is 4.97. The number of nitrogens with two attached hydrogens (primary N) is 1. The molecule has 1 aromatic heterocycles. The Bertz CT molecular complexity index is 328. The van der Waals surface area contributed by atoms with Gasteiger partial charge in [0.15, 0.2) is 5.82 Å². The summed E-state index contributed by atoms with van der Waals surface area (Å²) in [6, 6.07) is 0.0861. The number of nitrogens with zero attached hydrogens (tertiary/aromatic N) is 3. The van der Waals surface area contributed by atoms with E-state index in [4.69, 9.17) is 10.3 Å². The van der Waals surface area contributed by atoms with Crippen LogP contribution in [-0.4, -0.2) is 41.2 Å². The van der Waals surface area contributed by atoms with Crippen molar-refractivity contribution < 1.29 is 4.52 Å². The van der Waals surface area contributed by atoms with Crippen LogP contribution in [0.4, 0.5) is 0 Å². The van der Waals surface area contributed by atoms with E-state index < -0.39 is 0 Å². The van der Waals surface area contributed by atoms with Crippen molar-refractivity contribution >= 4 is 0 Å². The highest BCUT2D eigenvalue weighted by Gasteiger charge is 2.23. The molecule has 2 heterocycles. The third kappa shape index (κ3) is 2.80. The third-order valence-electron chi connectivity index (χ3n) is 3.06. The first kappa shape index (κ1) is 11.5. The third-order valence-corrected chi connectivity index (χ3v) is 3.06. The fraction of sp³-hybridized carbons (Fsp3) is 0.818. The number of rotatable bonds is 3. The summed E-state index contributed by atoms with van der Waals surface area (Å²) in [5.41, 5.74) is 5.70. The Balaban J connectivity index is 1.96. The molecule has 1 aliphatic heterocycles. The lowest BCUT2D eigenvalue weighted by Crippen LogP contribution is -2.29. The van der Waals surface area contributed by atoms with E-state index >= 15 is 0 Å². The van der Waals surface area contributed by atoms with E-state index in [0.717, 1.165) is 37.6 Å². The lowest BCUT2D eigenvalue weighted by Gasteiger charge is -2.26. The molecule has 2 N–H and O–H groups in total. The van der Waals surface area contributed by atoms with Gasteiger partial charge in [-0.25, -0.2) is 0 Å². The maximum absolute atomic E-state index is 5.70. The molecule has 0 aromatic carbocycles. The van der Waals surface area contributed by atoms with Gasteiger partial charge in [-0.2, -0.15) is 4.98 Å². The van der Waals surface area contributed by atoms with Gasteiger partial charge in [0.2, 0.25) is 5.89 Å². The molecule has 16 heavy (non-hydrogen) atoms. The van der Waals surface area contributed by atoms with Gasteiger partial charge in [0.25, 0.3) is 0 Å². The molecule has 2 rings (SSSR count). The Morgan fingerprint density at radius 2 is 2.19 bits per heavy atom. The Labute approximate surface area is 96.0 Å². The molecule has 1 saturated heterocycles. The van der Waals surface area contributed by atoms with Crippen LogP contribution in [0, 0.1) is 0 Å². The molecule has 0 spiro atoms. The summed E-state index contributed by atoms with van der Waals surface area (Å²) in [7, 11) is 2.14. The van der Waals surface area contributed by atoms with Crippen molar-refractivity contribution in [3.8, 4) is 0 Å². The number of hydrogen-bond acceptors (Lipinski definition) is 5. The molecule has 0 bridgehead atoms. The first-order valence-corrected chi connectivity index (χ1v) is 5.91. The molecule has 5 heteroatoms. The zero-order valence-electron chi connectivity index (χ0n) is 10.0. The Morgan fingerprint density at radius 3 is 2.81 bits per heavy atom. The molecule has 0 amide bonds. The van der Waals surface area contributed by atoms with Gasteiger partial charge in [-0.05, 0) is 39.9 Å². The number of aromatic nitrogens is 2. The summed E-state index contributed by atoms with van der Waals surface area (Å²) >= 11 is 0. The predicted octanol–water partition coefficient (Wildman–Crippen LogP) is 0.768. The average Bonchev–Trinajstić information content (AvgIpc) is 2.66. The minimum Gasteiger partial charge on any atom is -0.339 e. The summed E-state index contributed by atoms with van der Waals surface area (Å²) in [6.45, 7) is 4.16. The van der Waals surface area contributed by atoms with Gasteiger partial charge in [0, 0.05) is 18.4 Å². The van der Waals surface area contributed by atoms with Crippen LogP contribution in [0.5, 0.6) is 0 Å². The highest BCUT2D eigenvalue weighted by Crippen LogP contribution is 2.25. The van der Waals surface area contributed by atoms with Crippen molar-refractivity contribution in [3.05, 3.63) is 11.7 Å². The van der Waals surface area contributed by atoms with Crippen LogP contribution in [0.3, 0.4) is 0 Å². The Kier molecular flexibility index (Phi) is 3.56. The Hall–Kier alpha value is -0.940. The fourth-order valence-electron chi connectivity index (χ4n) is 2.06. The molecule has 5 nitrogen and oxygen atoms in total. The van der Waals surface area contributed by atoms with Crippen LogP contribution < -0.4 is 5.73 Å². The van der Waals surface area contributed by atoms with Gasteiger partial charge in [-0.15, -0.1) is 0 Å². The minimum atomic E-state index is 0.0861. The van der Waals surface area contributed by atoms with E-state index in [9.17, 15) is 0 Å². The Morgan fingerprint density at radius 1 is 1.50 bits per heavy atom. The largest absolute Gasteiger partial charge is 0.339 e. The van der Waals surface area contributed by atoms with Crippen LogP contribution >= 0.6 is 0 Å². The smallest absolute Gasteiger partial charge is 0.229 e. The van der Waals surface area contributed by atoms with Crippen molar-refractivity contribution in [3.63, 3.8) is 0 Å². The van der Waals surface area contributed by atoms with E-state index in [1.165, 1.54) is 0 Å². The van der Waals surface area contributed by atoms with Gasteiger partial charge < -0.3 is 15.2 Å². The maximum Gasteiger partial charge on any atom is 0.229 e. The number of piperidine rings is 1. The molecule has 0 saturated carbocycles. The summed E-state index contributed by atoms with van der Waals surface area (Å²) in [5.74, 6) is 1.97. The molecule has 1 unspecified atom stereocenters. The second kappa shape index (κ2) is 4.93. The molecule has 0 aliphatic carbocycles. The molecular weight excluding hydrogens is 204 g/mol. The van der Waals surface area contributed by atoms with Crippen molar-refractivity contribution in [1.29, 1.82) is 0 Å². The predicted molar refractivity (Wildman–Crippen MR) is 61.1 cm³/mol. The van der Waals surface area contributed by atoms with Crippen LogP contribution in [0.15, 0.2) is 4.52 Å². The highest BCUT2D eigenvalue weighted by atomic mass is 16.5. The topological polar surface area (TPSA) is 68.2 Å². The van der Waals surface area contributed by atoms with Crippen LogP contribution in [0.25, 0.3) is 0 Å². The van der Waals surface area contributed by atoms with Crippen molar-refractivity contribution in [2.75, 3.05) is 20.1 Å². The average molecular weight is 224 g/mol. The van der Waals surface area contributed by atoms with Crippen molar-refractivity contribution in [2.45, 2.75) is 38.1 Å². The molecule has 1 fully saturated rings. The number of hydrogen-bond donors (Lipinski definition) is 1. The summed E-state index contributed by atoms with van der Waals surface area (Å²) in [6.07, 6.45) is 2.91. The van der Waals surface area contributed by atoms with Crippen LogP contribution in [-0.2, 0) is 6.42 Å². The zero-order valence-corrected chi connectivity index (χ0v) is 10.0. The van der Waals surface area contributed by atoms with Gasteiger partial charge >= 0.3 is 0 Å². The van der Waals surface area contributed by atoms with Gasteiger partial charge in [0.05, 0.1) is 0 Å². The van der Waals surface area contributed by atoms with Gasteiger partial charge in [0.1, 0.15) is 0 Å². The van der Waals surface area contributed by atoms with Gasteiger partial charge in [-0.3, -0.25) is 0 Å². The monoisotopic (exact) mass is 224 g/mol. The SMILES string of the molecule is CC(N)Cc1noc(C2CCN(C)CC2)n1. The van der Waals surface area contributed by atoms with Gasteiger partial charge in [-0.1, -0.05) is 5.16 Å². The normalized spacial score (nSPS) is 21.2. The molecule has 90 valence electrons. The zero-order chi connectivity index (χ0) is 11.5. The first-order valence-electron chi connectivity index (χ1n) is 5.91. The van der Waals surface area contributed by atoms with Crippen molar-refractivity contribution in [2.24, 2.45) is 5.73 Å². The molecule has 0 radical (unpaired) electrons. The summed E-state index contributed by atoms with van der Waals surface area (Å²) in [5, 5.41) is 3.97. The van der Waals surface area contributed by atoms with E-state index in [2.05, 4.69) is 22.1 Å². The fourth-order valence-corrected chi connectivity index (χ4v) is 2.06. The second-order valence-electron chi connectivity index (χ2n) is 4.81. The molecule has 1 aliphatic rings. The van der Waals surface area contributed by atoms with E-state index in [-0.39, 0.29) is 6.04 Å². The lowest BCUT2D eigenvalue weighted by atomic mass is 9.97. The first-order chi connectivity index (χ1) is 7.65. The van der Waals surface area contributed by atoms with Crippen LogP contribution in [0.2, 0.25) is 0 Å².